The molecule has 1 unspecified atom stereocenters. The Kier molecular flexibility index (Phi) is 5.13. The number of nitrogens with one attached hydrogen (secondary N) is 1. The van der Waals surface area contributed by atoms with E-state index in [2.05, 4.69) is 10.4 Å². The highest BCUT2D eigenvalue weighted by Gasteiger charge is 2.22. The molecule has 1 rings (SSSR count). The summed E-state index contributed by atoms with van der Waals surface area (Å²) in [6, 6.07) is 0. The highest BCUT2D eigenvalue weighted by Crippen LogP contribution is 2.22. The molecular weight excluding hydrogens is 258 g/mol. The second-order valence-corrected chi connectivity index (χ2v) is 4.70. The maximum Gasteiger partial charge on any atom is 0.287 e. The SMILES string of the molecule is CCC(C)(CO)Nc1cnn(CCO)c(=O)c1Cl. The van der Waals surface area contributed by atoms with Crippen LogP contribution in [0.1, 0.15) is 20.3 Å². The molecule has 3 N–H and O–H groups in total. The largest absolute Gasteiger partial charge is 0.394 e. The summed E-state index contributed by atoms with van der Waals surface area (Å²) >= 11 is 5.96. The minimum absolute atomic E-state index is 0.00609. The zero-order chi connectivity index (χ0) is 13.8. The third-order valence-corrected chi connectivity index (χ3v) is 3.23. The van der Waals surface area contributed by atoms with E-state index in [9.17, 15) is 9.90 Å². The molecule has 0 fully saturated rings. The van der Waals surface area contributed by atoms with Crippen LogP contribution in [0.2, 0.25) is 5.02 Å². The Balaban J connectivity index is 3.06. The van der Waals surface area contributed by atoms with Gasteiger partial charge in [0, 0.05) is 0 Å². The Morgan fingerprint density at radius 2 is 2.22 bits per heavy atom. The summed E-state index contributed by atoms with van der Waals surface area (Å²) in [6.45, 7) is 3.57. The molecule has 0 aliphatic carbocycles. The monoisotopic (exact) mass is 275 g/mol. The fourth-order valence-corrected chi connectivity index (χ4v) is 1.56. The molecule has 102 valence electrons. The maximum absolute atomic E-state index is 11.8. The number of halogens is 1. The first-order valence-corrected chi connectivity index (χ1v) is 6.10. The molecule has 18 heavy (non-hydrogen) atoms. The van der Waals surface area contributed by atoms with Crippen LogP contribution in [0, 0.1) is 0 Å². The van der Waals surface area contributed by atoms with Crippen molar-refractivity contribution in [2.75, 3.05) is 18.5 Å². The molecule has 0 spiro atoms. The predicted octanol–water partition coefficient (Wildman–Crippen LogP) is 0.462. The summed E-state index contributed by atoms with van der Waals surface area (Å²) in [5.74, 6) is 0. The van der Waals surface area contributed by atoms with Gasteiger partial charge in [-0.1, -0.05) is 18.5 Å². The average Bonchev–Trinajstić information content (AvgIpc) is 2.38. The number of rotatable bonds is 6. The van der Waals surface area contributed by atoms with Crippen molar-refractivity contribution in [3.8, 4) is 0 Å². The third-order valence-electron chi connectivity index (χ3n) is 2.86. The average molecular weight is 276 g/mol. The number of aliphatic hydroxyl groups is 2. The number of nitrogens with zero attached hydrogens (tertiary/aromatic N) is 2. The van der Waals surface area contributed by atoms with Crippen LogP contribution >= 0.6 is 11.6 Å². The van der Waals surface area contributed by atoms with Crippen molar-refractivity contribution in [3.63, 3.8) is 0 Å². The topological polar surface area (TPSA) is 87.4 Å². The Bertz CT molecular complexity index is 457. The van der Waals surface area contributed by atoms with Crippen LogP contribution in [0.4, 0.5) is 5.69 Å². The minimum atomic E-state index is -0.555. The van der Waals surface area contributed by atoms with Crippen LogP contribution in [0.5, 0.6) is 0 Å². The lowest BCUT2D eigenvalue weighted by Gasteiger charge is -2.28. The summed E-state index contributed by atoms with van der Waals surface area (Å²) in [7, 11) is 0. The van der Waals surface area contributed by atoms with E-state index in [0.29, 0.717) is 12.1 Å². The fourth-order valence-electron chi connectivity index (χ4n) is 1.37. The molecule has 0 aliphatic rings. The lowest BCUT2D eigenvalue weighted by molar-refractivity contribution is 0.219. The Labute approximate surface area is 110 Å². The molecule has 7 heteroatoms. The highest BCUT2D eigenvalue weighted by atomic mass is 35.5. The van der Waals surface area contributed by atoms with Crippen molar-refractivity contribution in [1.29, 1.82) is 0 Å². The van der Waals surface area contributed by atoms with Gasteiger partial charge >= 0.3 is 0 Å². The molecule has 0 radical (unpaired) electrons. The summed E-state index contributed by atoms with van der Waals surface area (Å²) in [5.41, 5.74) is -0.637. The molecular formula is C11H18ClN3O3. The number of hydrogen-bond donors (Lipinski definition) is 3. The van der Waals surface area contributed by atoms with Gasteiger partial charge in [0.05, 0.1) is 37.2 Å². The standard InChI is InChI=1S/C11H18ClN3O3/c1-3-11(2,7-17)14-8-6-13-15(4-5-16)10(18)9(8)12/h6,14,16-17H,3-5,7H2,1-2H3. The van der Waals surface area contributed by atoms with Gasteiger partial charge in [0.1, 0.15) is 5.02 Å². The molecule has 1 atom stereocenters. The fraction of sp³-hybridized carbons (Fsp3) is 0.636. The van der Waals surface area contributed by atoms with Gasteiger partial charge in [-0.05, 0) is 13.3 Å². The molecule has 0 saturated carbocycles. The quantitative estimate of drug-likeness (QED) is 0.702. The van der Waals surface area contributed by atoms with Gasteiger partial charge in [-0.2, -0.15) is 5.10 Å². The van der Waals surface area contributed by atoms with Crippen molar-refractivity contribution in [2.45, 2.75) is 32.4 Å². The number of anilines is 1. The van der Waals surface area contributed by atoms with E-state index >= 15 is 0 Å². The molecule has 0 bridgehead atoms. The third kappa shape index (κ3) is 3.22. The van der Waals surface area contributed by atoms with Crippen molar-refractivity contribution in [1.82, 2.24) is 9.78 Å². The van der Waals surface area contributed by atoms with Gasteiger partial charge in [0.15, 0.2) is 0 Å². The van der Waals surface area contributed by atoms with Gasteiger partial charge in [-0.25, -0.2) is 4.68 Å². The van der Waals surface area contributed by atoms with Crippen LogP contribution in [-0.4, -0.2) is 38.7 Å². The highest BCUT2D eigenvalue weighted by molar-refractivity contribution is 6.32. The lowest BCUT2D eigenvalue weighted by Crippen LogP contribution is -2.39. The number of aliphatic hydroxyl groups excluding tert-OH is 2. The second-order valence-electron chi connectivity index (χ2n) is 4.32. The van der Waals surface area contributed by atoms with E-state index in [0.717, 1.165) is 4.68 Å². The molecule has 0 saturated heterocycles. The lowest BCUT2D eigenvalue weighted by atomic mass is 10.00. The van der Waals surface area contributed by atoms with Crippen LogP contribution in [-0.2, 0) is 6.54 Å². The zero-order valence-electron chi connectivity index (χ0n) is 10.5. The smallest absolute Gasteiger partial charge is 0.287 e. The van der Waals surface area contributed by atoms with Crippen LogP contribution in [0.15, 0.2) is 11.0 Å². The zero-order valence-corrected chi connectivity index (χ0v) is 11.2. The van der Waals surface area contributed by atoms with Gasteiger partial charge in [-0.15, -0.1) is 0 Å². The van der Waals surface area contributed by atoms with Gasteiger partial charge in [-0.3, -0.25) is 4.79 Å². The summed E-state index contributed by atoms with van der Waals surface area (Å²) in [4.78, 5) is 11.8. The Morgan fingerprint density at radius 3 is 2.72 bits per heavy atom. The summed E-state index contributed by atoms with van der Waals surface area (Å²) in [6.07, 6.45) is 2.09. The van der Waals surface area contributed by atoms with E-state index in [1.807, 2.05) is 13.8 Å². The molecule has 6 nitrogen and oxygen atoms in total. The van der Waals surface area contributed by atoms with Gasteiger partial charge < -0.3 is 15.5 Å². The maximum atomic E-state index is 11.8. The van der Waals surface area contributed by atoms with Crippen LogP contribution < -0.4 is 10.9 Å². The summed E-state index contributed by atoms with van der Waals surface area (Å²) < 4.78 is 1.09. The van der Waals surface area contributed by atoms with Gasteiger partial charge in [0.2, 0.25) is 0 Å². The molecule has 1 heterocycles. The first-order chi connectivity index (χ1) is 8.47. The van der Waals surface area contributed by atoms with E-state index in [4.69, 9.17) is 16.7 Å². The van der Waals surface area contributed by atoms with Crippen molar-refractivity contribution < 1.29 is 10.2 Å². The number of aromatic nitrogens is 2. The first-order valence-electron chi connectivity index (χ1n) is 5.73. The molecule has 0 amide bonds. The molecule has 1 aromatic rings. The summed E-state index contributed by atoms with van der Waals surface area (Å²) in [5, 5.41) is 25.0. The minimum Gasteiger partial charge on any atom is -0.394 e. The van der Waals surface area contributed by atoms with Crippen LogP contribution in [0.3, 0.4) is 0 Å². The van der Waals surface area contributed by atoms with E-state index in [-0.39, 0.29) is 24.8 Å². The Hall–Kier alpha value is -1.11. The first kappa shape index (κ1) is 14.9. The van der Waals surface area contributed by atoms with Crippen molar-refractivity contribution >= 4 is 17.3 Å². The van der Waals surface area contributed by atoms with Crippen LogP contribution in [0.25, 0.3) is 0 Å². The second kappa shape index (κ2) is 6.17. The van der Waals surface area contributed by atoms with E-state index in [1.165, 1.54) is 6.20 Å². The van der Waals surface area contributed by atoms with Crippen molar-refractivity contribution in [2.24, 2.45) is 0 Å². The Morgan fingerprint density at radius 1 is 1.56 bits per heavy atom. The molecule has 1 aromatic heterocycles. The number of hydrogen-bond acceptors (Lipinski definition) is 5. The predicted molar refractivity (Wildman–Crippen MR) is 70.0 cm³/mol. The van der Waals surface area contributed by atoms with E-state index in [1.54, 1.807) is 0 Å². The normalized spacial score (nSPS) is 14.3. The molecule has 0 aromatic carbocycles. The van der Waals surface area contributed by atoms with Gasteiger partial charge in [0.25, 0.3) is 5.56 Å². The van der Waals surface area contributed by atoms with E-state index < -0.39 is 11.1 Å². The van der Waals surface area contributed by atoms with Crippen molar-refractivity contribution in [3.05, 3.63) is 21.6 Å². The molecule has 0 aliphatic heterocycles.